The third-order valence-corrected chi connectivity index (χ3v) is 2.52. The number of benzene rings is 1. The summed E-state index contributed by atoms with van der Waals surface area (Å²) >= 11 is 5.57. The predicted octanol–water partition coefficient (Wildman–Crippen LogP) is 2.54. The van der Waals surface area contributed by atoms with Gasteiger partial charge in [0.25, 0.3) is 5.56 Å². The van der Waals surface area contributed by atoms with Crippen molar-refractivity contribution in [3.8, 4) is 5.75 Å². The number of hydrogen-bond donors (Lipinski definition) is 1. The van der Waals surface area contributed by atoms with Gasteiger partial charge in [0.2, 0.25) is 0 Å². The highest BCUT2D eigenvalue weighted by Gasteiger charge is 2.03. The second-order valence-corrected chi connectivity index (χ2v) is 3.81. The van der Waals surface area contributed by atoms with Crippen molar-refractivity contribution < 1.29 is 4.74 Å². The highest BCUT2D eigenvalue weighted by molar-refractivity contribution is 6.17. The molecule has 0 fully saturated rings. The van der Waals surface area contributed by atoms with Gasteiger partial charge in [-0.25, -0.2) is 0 Å². The van der Waals surface area contributed by atoms with E-state index >= 15 is 0 Å². The van der Waals surface area contributed by atoms with Crippen molar-refractivity contribution in [3.63, 3.8) is 0 Å². The Kier molecular flexibility index (Phi) is 3.47. The number of fused-ring (bicyclic) bond motifs is 1. The first-order valence-corrected chi connectivity index (χ1v) is 5.65. The quantitative estimate of drug-likeness (QED) is 0.656. The van der Waals surface area contributed by atoms with Crippen molar-refractivity contribution in [2.45, 2.75) is 6.42 Å². The van der Waals surface area contributed by atoms with Crippen LogP contribution in [0, 0.1) is 0 Å². The summed E-state index contributed by atoms with van der Waals surface area (Å²) in [5.74, 6) is 1.17. The molecule has 1 aromatic heterocycles. The average Bonchev–Trinajstić information content (AvgIpc) is 2.29. The molecule has 0 bridgehead atoms. The van der Waals surface area contributed by atoms with Gasteiger partial charge in [-0.15, -0.1) is 11.6 Å². The Morgan fingerprint density at radius 1 is 1.31 bits per heavy atom. The van der Waals surface area contributed by atoms with Gasteiger partial charge in [-0.2, -0.15) is 0 Å². The van der Waals surface area contributed by atoms with Gasteiger partial charge in [0.15, 0.2) is 0 Å². The SMILES string of the molecule is O=c1cc(OCCCCl)c2ccccc2[nH]1. The first-order chi connectivity index (χ1) is 7.81. The third kappa shape index (κ3) is 2.36. The van der Waals surface area contributed by atoms with E-state index in [0.29, 0.717) is 18.2 Å². The number of pyridine rings is 1. The maximum absolute atomic E-state index is 11.4. The molecule has 0 saturated carbocycles. The van der Waals surface area contributed by atoms with Crippen LogP contribution in [0.5, 0.6) is 5.75 Å². The van der Waals surface area contributed by atoms with Gasteiger partial charge in [-0.3, -0.25) is 4.79 Å². The van der Waals surface area contributed by atoms with Crippen LogP contribution in [0.4, 0.5) is 0 Å². The Morgan fingerprint density at radius 3 is 2.94 bits per heavy atom. The maximum atomic E-state index is 11.4. The van der Waals surface area contributed by atoms with Crippen molar-refractivity contribution in [1.29, 1.82) is 0 Å². The van der Waals surface area contributed by atoms with Crippen LogP contribution in [0.2, 0.25) is 0 Å². The number of para-hydroxylation sites is 1. The molecule has 84 valence electrons. The predicted molar refractivity (Wildman–Crippen MR) is 65.4 cm³/mol. The van der Waals surface area contributed by atoms with Gasteiger partial charge in [0, 0.05) is 17.3 Å². The van der Waals surface area contributed by atoms with Crippen molar-refractivity contribution in [1.82, 2.24) is 4.98 Å². The van der Waals surface area contributed by atoms with Gasteiger partial charge in [-0.05, 0) is 18.6 Å². The van der Waals surface area contributed by atoms with Crippen LogP contribution in [-0.2, 0) is 0 Å². The van der Waals surface area contributed by atoms with Gasteiger partial charge < -0.3 is 9.72 Å². The first kappa shape index (κ1) is 11.0. The summed E-state index contributed by atoms with van der Waals surface area (Å²) in [6.07, 6.45) is 0.767. The van der Waals surface area contributed by atoms with Crippen molar-refractivity contribution in [2.75, 3.05) is 12.5 Å². The van der Waals surface area contributed by atoms with E-state index in [1.165, 1.54) is 6.07 Å². The molecular weight excluding hydrogens is 226 g/mol. The van der Waals surface area contributed by atoms with Crippen LogP contribution in [0.1, 0.15) is 6.42 Å². The van der Waals surface area contributed by atoms with E-state index in [1.807, 2.05) is 24.3 Å². The zero-order valence-corrected chi connectivity index (χ0v) is 9.46. The van der Waals surface area contributed by atoms with E-state index in [9.17, 15) is 4.79 Å². The number of rotatable bonds is 4. The lowest BCUT2D eigenvalue weighted by molar-refractivity contribution is 0.321. The maximum Gasteiger partial charge on any atom is 0.252 e. The highest BCUT2D eigenvalue weighted by Crippen LogP contribution is 2.21. The molecule has 0 saturated heterocycles. The number of hydrogen-bond acceptors (Lipinski definition) is 2. The Hall–Kier alpha value is -1.48. The van der Waals surface area contributed by atoms with Crippen LogP contribution in [-0.4, -0.2) is 17.5 Å². The molecule has 2 aromatic rings. The lowest BCUT2D eigenvalue weighted by Crippen LogP contribution is -2.07. The van der Waals surface area contributed by atoms with Gasteiger partial charge in [0.05, 0.1) is 12.1 Å². The number of nitrogens with one attached hydrogen (secondary N) is 1. The smallest absolute Gasteiger partial charge is 0.252 e. The zero-order valence-electron chi connectivity index (χ0n) is 8.70. The second-order valence-electron chi connectivity index (χ2n) is 3.43. The van der Waals surface area contributed by atoms with Crippen molar-refractivity contribution in [3.05, 3.63) is 40.7 Å². The first-order valence-electron chi connectivity index (χ1n) is 5.12. The fourth-order valence-corrected chi connectivity index (χ4v) is 1.64. The molecule has 0 aliphatic rings. The number of aromatic amines is 1. The molecule has 16 heavy (non-hydrogen) atoms. The summed E-state index contributed by atoms with van der Waals surface area (Å²) < 4.78 is 5.54. The molecule has 1 aromatic carbocycles. The van der Waals surface area contributed by atoms with Crippen LogP contribution >= 0.6 is 11.6 Å². The number of ether oxygens (including phenoxy) is 1. The monoisotopic (exact) mass is 237 g/mol. The summed E-state index contributed by atoms with van der Waals surface area (Å²) in [5, 5.41) is 0.914. The van der Waals surface area contributed by atoms with E-state index in [4.69, 9.17) is 16.3 Å². The average molecular weight is 238 g/mol. The molecule has 1 heterocycles. The van der Waals surface area contributed by atoms with Crippen LogP contribution < -0.4 is 10.3 Å². The summed E-state index contributed by atoms with van der Waals surface area (Å²) in [5.41, 5.74) is 0.635. The summed E-state index contributed by atoms with van der Waals surface area (Å²) in [4.78, 5) is 14.1. The van der Waals surface area contributed by atoms with Crippen molar-refractivity contribution >= 4 is 22.5 Å². The molecule has 0 spiro atoms. The van der Waals surface area contributed by atoms with Crippen LogP contribution in [0.3, 0.4) is 0 Å². The lowest BCUT2D eigenvalue weighted by atomic mass is 10.2. The molecule has 0 aliphatic carbocycles. The molecule has 2 rings (SSSR count). The molecule has 4 heteroatoms. The number of H-pyrrole nitrogens is 1. The van der Waals surface area contributed by atoms with E-state index in [-0.39, 0.29) is 5.56 Å². The molecule has 0 radical (unpaired) electrons. The molecule has 1 N–H and O–H groups in total. The molecule has 0 amide bonds. The topological polar surface area (TPSA) is 42.1 Å². The van der Waals surface area contributed by atoms with E-state index in [1.54, 1.807) is 0 Å². The molecule has 0 atom stereocenters. The standard InChI is InChI=1S/C12H12ClNO2/c13-6-3-7-16-11-8-12(15)14-10-5-2-1-4-9(10)11/h1-2,4-5,8H,3,6-7H2,(H,14,15). The van der Waals surface area contributed by atoms with Gasteiger partial charge >= 0.3 is 0 Å². The number of aromatic nitrogens is 1. The largest absolute Gasteiger partial charge is 0.493 e. The van der Waals surface area contributed by atoms with E-state index in [2.05, 4.69) is 4.98 Å². The fourth-order valence-electron chi connectivity index (χ4n) is 1.53. The molecule has 3 nitrogen and oxygen atoms in total. The Morgan fingerprint density at radius 2 is 2.12 bits per heavy atom. The lowest BCUT2D eigenvalue weighted by Gasteiger charge is -2.07. The van der Waals surface area contributed by atoms with Gasteiger partial charge in [0.1, 0.15) is 5.75 Å². The summed E-state index contributed by atoms with van der Waals surface area (Å²) in [7, 11) is 0. The fraction of sp³-hybridized carbons (Fsp3) is 0.250. The minimum atomic E-state index is -0.153. The number of halogens is 1. The van der Waals surface area contributed by atoms with Crippen LogP contribution in [0.15, 0.2) is 35.1 Å². The summed E-state index contributed by atoms with van der Waals surface area (Å²) in [6.45, 7) is 0.525. The second kappa shape index (κ2) is 5.03. The Labute approximate surface area is 98.0 Å². The molecule has 0 aliphatic heterocycles. The van der Waals surface area contributed by atoms with E-state index in [0.717, 1.165) is 17.3 Å². The highest BCUT2D eigenvalue weighted by atomic mass is 35.5. The van der Waals surface area contributed by atoms with Crippen molar-refractivity contribution in [2.24, 2.45) is 0 Å². The normalized spacial score (nSPS) is 10.6. The third-order valence-electron chi connectivity index (χ3n) is 2.25. The molecule has 0 unspecified atom stereocenters. The molecular formula is C12H12ClNO2. The number of alkyl halides is 1. The van der Waals surface area contributed by atoms with Crippen LogP contribution in [0.25, 0.3) is 10.9 Å². The van der Waals surface area contributed by atoms with Gasteiger partial charge in [-0.1, -0.05) is 12.1 Å². The minimum absolute atomic E-state index is 0.153. The van der Waals surface area contributed by atoms with E-state index < -0.39 is 0 Å². The summed E-state index contributed by atoms with van der Waals surface area (Å²) in [6, 6.07) is 9.03. The zero-order chi connectivity index (χ0) is 11.4. The minimum Gasteiger partial charge on any atom is -0.493 e. The Bertz CT molecular complexity index is 536. The Balaban J connectivity index is 2.38.